The van der Waals surface area contributed by atoms with E-state index in [0.29, 0.717) is 33.1 Å². The van der Waals surface area contributed by atoms with Crippen LogP contribution in [0.3, 0.4) is 0 Å². The number of carbonyl (C=O) groups excluding carboxylic acids is 3. The summed E-state index contributed by atoms with van der Waals surface area (Å²) in [5, 5.41) is 11.4. The van der Waals surface area contributed by atoms with Gasteiger partial charge in [-0.2, -0.15) is 0 Å². The van der Waals surface area contributed by atoms with Gasteiger partial charge in [0.1, 0.15) is 5.82 Å². The second-order valence-corrected chi connectivity index (χ2v) is 9.22. The number of carbonyl (C=O) groups is 3. The van der Waals surface area contributed by atoms with E-state index in [9.17, 15) is 14.4 Å². The Balaban J connectivity index is 1.35. The number of aromatic nitrogens is 3. The van der Waals surface area contributed by atoms with Crippen LogP contribution in [0.5, 0.6) is 0 Å². The molecule has 34 heavy (non-hydrogen) atoms. The lowest BCUT2D eigenvalue weighted by Gasteiger charge is -2.19. The molecule has 4 aromatic rings. The van der Waals surface area contributed by atoms with Gasteiger partial charge in [-0.25, -0.2) is 0 Å². The predicted octanol–water partition coefficient (Wildman–Crippen LogP) is 4.47. The highest BCUT2D eigenvalue weighted by molar-refractivity contribution is 8.00. The average molecular weight is 469 g/mol. The van der Waals surface area contributed by atoms with Crippen molar-refractivity contribution in [1.29, 1.82) is 0 Å². The van der Waals surface area contributed by atoms with E-state index in [2.05, 4.69) is 15.5 Å². The zero-order valence-corrected chi connectivity index (χ0v) is 19.3. The van der Waals surface area contributed by atoms with Crippen LogP contribution in [0.15, 0.2) is 78.0 Å². The first-order valence-electron chi connectivity index (χ1n) is 10.7. The van der Waals surface area contributed by atoms with E-state index in [-0.39, 0.29) is 17.5 Å². The summed E-state index contributed by atoms with van der Waals surface area (Å²) in [5.74, 6) is 0.0532. The van der Waals surface area contributed by atoms with Crippen LogP contribution in [0, 0.1) is 6.92 Å². The summed E-state index contributed by atoms with van der Waals surface area (Å²) in [6, 6.07) is 21.3. The van der Waals surface area contributed by atoms with Gasteiger partial charge in [0.15, 0.2) is 16.7 Å². The Labute approximate surface area is 200 Å². The molecule has 0 bridgehead atoms. The van der Waals surface area contributed by atoms with E-state index in [1.54, 1.807) is 49.4 Å². The summed E-state index contributed by atoms with van der Waals surface area (Å²) >= 11 is 1.29. The third-order valence-electron chi connectivity index (χ3n) is 5.65. The molecule has 3 aromatic carbocycles. The molecule has 1 aromatic heterocycles. The molecule has 5 rings (SSSR count). The molecule has 0 aliphatic heterocycles. The molecule has 1 aliphatic carbocycles. The largest absolute Gasteiger partial charge is 0.325 e. The quantitative estimate of drug-likeness (QED) is 0.383. The van der Waals surface area contributed by atoms with Crippen molar-refractivity contribution in [3.05, 3.63) is 101 Å². The predicted molar refractivity (Wildman–Crippen MR) is 130 cm³/mol. The van der Waals surface area contributed by atoms with Crippen LogP contribution in [0.2, 0.25) is 0 Å². The van der Waals surface area contributed by atoms with E-state index in [0.717, 1.165) is 11.5 Å². The van der Waals surface area contributed by atoms with Gasteiger partial charge in [0.25, 0.3) is 0 Å². The lowest BCUT2D eigenvalue weighted by atomic mass is 9.84. The maximum atomic E-state index is 13.0. The van der Waals surface area contributed by atoms with Crippen molar-refractivity contribution in [1.82, 2.24) is 14.8 Å². The van der Waals surface area contributed by atoms with Crippen LogP contribution in [0.4, 0.5) is 5.69 Å². The number of thioether (sulfide) groups is 1. The highest BCUT2D eigenvalue weighted by atomic mass is 32.2. The Hall–Kier alpha value is -4.04. The van der Waals surface area contributed by atoms with Gasteiger partial charge in [0.2, 0.25) is 5.91 Å². The summed E-state index contributed by atoms with van der Waals surface area (Å²) < 4.78 is 1.90. The number of nitrogens with one attached hydrogen (secondary N) is 1. The van der Waals surface area contributed by atoms with Crippen molar-refractivity contribution < 1.29 is 14.4 Å². The van der Waals surface area contributed by atoms with Crippen molar-refractivity contribution in [2.24, 2.45) is 0 Å². The van der Waals surface area contributed by atoms with Gasteiger partial charge in [0.05, 0.1) is 5.25 Å². The minimum atomic E-state index is -0.486. The molecule has 1 N–H and O–H groups in total. The molecule has 1 amide bonds. The maximum absolute atomic E-state index is 13.0. The molecule has 0 spiro atoms. The number of ketones is 2. The second-order valence-electron chi connectivity index (χ2n) is 7.91. The van der Waals surface area contributed by atoms with Crippen LogP contribution in [-0.4, -0.2) is 37.5 Å². The number of aryl methyl sites for hydroxylation is 1. The van der Waals surface area contributed by atoms with Gasteiger partial charge in [-0.15, -0.1) is 10.2 Å². The van der Waals surface area contributed by atoms with Crippen molar-refractivity contribution in [3.63, 3.8) is 0 Å². The fourth-order valence-corrected chi connectivity index (χ4v) is 4.84. The third kappa shape index (κ3) is 3.82. The monoisotopic (exact) mass is 468 g/mol. The molecule has 1 heterocycles. The maximum Gasteiger partial charge on any atom is 0.237 e. The first-order valence-corrected chi connectivity index (χ1v) is 11.6. The Bertz CT molecular complexity index is 1450. The molecule has 1 aliphatic rings. The number of para-hydroxylation sites is 1. The van der Waals surface area contributed by atoms with Crippen molar-refractivity contribution in [2.45, 2.75) is 24.3 Å². The number of hydrogen-bond donors (Lipinski definition) is 1. The minimum absolute atomic E-state index is 0.192. The number of benzene rings is 3. The number of hydrogen-bond acceptors (Lipinski definition) is 6. The Morgan fingerprint density at radius 3 is 2.18 bits per heavy atom. The SMILES string of the molecule is Cc1nnc(SC(C)C(=O)Nc2ccc3c(c2)C(=O)c2ccccc2C3=O)n1-c1ccccc1. The van der Waals surface area contributed by atoms with Crippen LogP contribution >= 0.6 is 11.8 Å². The molecule has 1 atom stereocenters. The second kappa shape index (κ2) is 8.72. The van der Waals surface area contributed by atoms with Crippen LogP contribution in [-0.2, 0) is 4.79 Å². The highest BCUT2D eigenvalue weighted by Crippen LogP contribution is 2.30. The summed E-state index contributed by atoms with van der Waals surface area (Å²) in [5.41, 5.74) is 2.79. The molecule has 1 unspecified atom stereocenters. The van der Waals surface area contributed by atoms with Gasteiger partial charge >= 0.3 is 0 Å². The highest BCUT2D eigenvalue weighted by Gasteiger charge is 2.29. The van der Waals surface area contributed by atoms with Gasteiger partial charge in [-0.05, 0) is 44.2 Å². The topological polar surface area (TPSA) is 94.0 Å². The minimum Gasteiger partial charge on any atom is -0.325 e. The molecule has 7 nitrogen and oxygen atoms in total. The first-order chi connectivity index (χ1) is 16.4. The molecule has 0 radical (unpaired) electrons. The number of amides is 1. The Morgan fingerprint density at radius 2 is 1.47 bits per heavy atom. The summed E-state index contributed by atoms with van der Waals surface area (Å²) in [4.78, 5) is 38.7. The van der Waals surface area contributed by atoms with E-state index < -0.39 is 5.25 Å². The summed E-state index contributed by atoms with van der Waals surface area (Å²) in [6.45, 7) is 3.64. The summed E-state index contributed by atoms with van der Waals surface area (Å²) in [7, 11) is 0. The van der Waals surface area contributed by atoms with Gasteiger partial charge in [0, 0.05) is 33.6 Å². The first kappa shape index (κ1) is 21.8. The number of rotatable bonds is 5. The molecule has 0 fully saturated rings. The van der Waals surface area contributed by atoms with E-state index in [1.165, 1.54) is 11.8 Å². The standard InChI is InChI=1S/C26H20N4O3S/c1-15(34-26-29-28-16(2)30(26)18-8-4-3-5-9-18)25(33)27-17-12-13-21-22(14-17)24(32)20-11-7-6-10-19(20)23(21)31/h3-15H,1-2H3,(H,27,33). The number of anilines is 1. The van der Waals surface area contributed by atoms with Gasteiger partial charge in [-0.3, -0.25) is 19.0 Å². The Kier molecular flexibility index (Phi) is 5.59. The third-order valence-corrected chi connectivity index (χ3v) is 6.70. The lowest BCUT2D eigenvalue weighted by molar-refractivity contribution is -0.115. The van der Waals surface area contributed by atoms with E-state index in [4.69, 9.17) is 0 Å². The van der Waals surface area contributed by atoms with Crippen LogP contribution < -0.4 is 5.32 Å². The van der Waals surface area contributed by atoms with Gasteiger partial charge in [-0.1, -0.05) is 54.2 Å². The smallest absolute Gasteiger partial charge is 0.237 e. The van der Waals surface area contributed by atoms with E-state index >= 15 is 0 Å². The summed E-state index contributed by atoms with van der Waals surface area (Å²) in [6.07, 6.45) is 0. The molecule has 168 valence electrons. The fourth-order valence-electron chi connectivity index (χ4n) is 3.93. The zero-order valence-electron chi connectivity index (χ0n) is 18.5. The number of fused-ring (bicyclic) bond motifs is 2. The van der Waals surface area contributed by atoms with Crippen LogP contribution in [0.1, 0.15) is 44.6 Å². The number of nitrogens with zero attached hydrogens (tertiary/aromatic N) is 3. The van der Waals surface area contributed by atoms with Crippen LogP contribution in [0.25, 0.3) is 5.69 Å². The fraction of sp³-hybridized carbons (Fsp3) is 0.115. The average Bonchev–Trinajstić information content (AvgIpc) is 3.22. The molecular formula is C26H20N4O3S. The van der Waals surface area contributed by atoms with Crippen molar-refractivity contribution in [2.75, 3.05) is 5.32 Å². The molecule has 0 saturated carbocycles. The van der Waals surface area contributed by atoms with Gasteiger partial charge < -0.3 is 5.32 Å². The Morgan fingerprint density at radius 1 is 0.853 bits per heavy atom. The van der Waals surface area contributed by atoms with E-state index in [1.807, 2.05) is 41.8 Å². The van der Waals surface area contributed by atoms with Crippen molar-refractivity contribution in [3.8, 4) is 5.69 Å². The lowest BCUT2D eigenvalue weighted by Crippen LogP contribution is -2.24. The normalized spacial score (nSPS) is 13.2. The molecular weight excluding hydrogens is 448 g/mol. The molecule has 8 heteroatoms. The van der Waals surface area contributed by atoms with Crippen molar-refractivity contribution >= 4 is 34.9 Å². The molecule has 0 saturated heterocycles. The zero-order chi connectivity index (χ0) is 23.8.